The molecule has 1 saturated heterocycles. The van der Waals surface area contributed by atoms with Crippen LogP contribution in [-0.4, -0.2) is 23.4 Å². The number of hydrogen-bond donors (Lipinski definition) is 1. The molecule has 0 bridgehead atoms. The average molecular weight is 222 g/mol. The molecule has 0 aromatic heterocycles. The van der Waals surface area contributed by atoms with Crippen LogP contribution in [0.1, 0.15) is 18.4 Å². The van der Waals surface area contributed by atoms with Crippen LogP contribution < -0.4 is 5.73 Å². The fourth-order valence-electron chi connectivity index (χ4n) is 2.16. The van der Waals surface area contributed by atoms with Gasteiger partial charge in [0.05, 0.1) is 6.04 Å². The molecule has 1 aliphatic heterocycles. The Balaban J connectivity index is 2.03. The number of halogens is 1. The van der Waals surface area contributed by atoms with Gasteiger partial charge >= 0.3 is 0 Å². The summed E-state index contributed by atoms with van der Waals surface area (Å²) in [7, 11) is 0. The number of likely N-dealkylation sites (tertiary alicyclic amines) is 1. The second kappa shape index (κ2) is 4.61. The summed E-state index contributed by atoms with van der Waals surface area (Å²) in [6.45, 7) is 1.54. The summed E-state index contributed by atoms with van der Waals surface area (Å²) in [5.41, 5.74) is 6.33. The zero-order valence-electron chi connectivity index (χ0n) is 9.03. The summed E-state index contributed by atoms with van der Waals surface area (Å²) >= 11 is 0. The maximum absolute atomic E-state index is 12.7. The first-order valence-corrected chi connectivity index (χ1v) is 5.44. The van der Waals surface area contributed by atoms with Crippen molar-refractivity contribution in [1.82, 2.24) is 4.90 Å². The van der Waals surface area contributed by atoms with Crippen molar-refractivity contribution in [3.8, 4) is 0 Å². The SMILES string of the molecule is NC(=O)[C@H]1CCCN1Cc1ccc(F)cc1. The molecule has 1 aliphatic rings. The normalized spacial score (nSPS) is 21.2. The predicted molar refractivity (Wildman–Crippen MR) is 59.0 cm³/mol. The molecule has 4 heteroatoms. The molecule has 1 atom stereocenters. The molecular formula is C12H15FN2O. The molecule has 1 heterocycles. The fourth-order valence-corrected chi connectivity index (χ4v) is 2.16. The third kappa shape index (κ3) is 2.39. The molecular weight excluding hydrogens is 207 g/mol. The van der Waals surface area contributed by atoms with E-state index in [4.69, 9.17) is 5.73 Å². The van der Waals surface area contributed by atoms with E-state index in [9.17, 15) is 9.18 Å². The van der Waals surface area contributed by atoms with Crippen LogP contribution >= 0.6 is 0 Å². The maximum Gasteiger partial charge on any atom is 0.234 e. The van der Waals surface area contributed by atoms with E-state index in [0.717, 1.165) is 24.9 Å². The van der Waals surface area contributed by atoms with Gasteiger partial charge in [-0.1, -0.05) is 12.1 Å². The van der Waals surface area contributed by atoms with E-state index in [1.807, 2.05) is 0 Å². The topological polar surface area (TPSA) is 46.3 Å². The number of carbonyl (C=O) groups excluding carboxylic acids is 1. The van der Waals surface area contributed by atoms with E-state index in [-0.39, 0.29) is 17.8 Å². The number of primary amides is 1. The molecule has 0 radical (unpaired) electrons. The number of benzene rings is 1. The Morgan fingerprint density at radius 1 is 1.44 bits per heavy atom. The Bertz CT molecular complexity index is 377. The van der Waals surface area contributed by atoms with Crippen LogP contribution in [0.2, 0.25) is 0 Å². The van der Waals surface area contributed by atoms with Crippen LogP contribution in [0.25, 0.3) is 0 Å². The lowest BCUT2D eigenvalue weighted by molar-refractivity contribution is -0.122. The van der Waals surface area contributed by atoms with Crippen molar-refractivity contribution in [3.63, 3.8) is 0 Å². The highest BCUT2D eigenvalue weighted by molar-refractivity contribution is 5.80. The predicted octanol–water partition coefficient (Wildman–Crippen LogP) is 1.28. The standard InChI is InChI=1S/C12H15FN2O/c13-10-5-3-9(4-6-10)8-15-7-1-2-11(15)12(14)16/h3-6,11H,1-2,7-8H2,(H2,14,16)/t11-/m1/s1. The Kier molecular flexibility index (Phi) is 3.19. The largest absolute Gasteiger partial charge is 0.368 e. The third-order valence-corrected chi connectivity index (χ3v) is 2.99. The zero-order valence-corrected chi connectivity index (χ0v) is 9.03. The molecule has 0 spiro atoms. The van der Waals surface area contributed by atoms with Crippen LogP contribution in [0.15, 0.2) is 24.3 Å². The van der Waals surface area contributed by atoms with E-state index in [1.165, 1.54) is 12.1 Å². The van der Waals surface area contributed by atoms with Gasteiger partial charge in [-0.15, -0.1) is 0 Å². The lowest BCUT2D eigenvalue weighted by Crippen LogP contribution is -2.39. The van der Waals surface area contributed by atoms with Gasteiger partial charge in [-0.25, -0.2) is 4.39 Å². The van der Waals surface area contributed by atoms with E-state index in [0.29, 0.717) is 6.54 Å². The minimum Gasteiger partial charge on any atom is -0.368 e. The highest BCUT2D eigenvalue weighted by atomic mass is 19.1. The van der Waals surface area contributed by atoms with Gasteiger partial charge in [0.25, 0.3) is 0 Å². The summed E-state index contributed by atoms with van der Waals surface area (Å²) in [6, 6.07) is 6.19. The lowest BCUT2D eigenvalue weighted by atomic mass is 10.1. The number of amides is 1. The van der Waals surface area contributed by atoms with Gasteiger partial charge in [0.15, 0.2) is 0 Å². The minimum atomic E-state index is -0.264. The van der Waals surface area contributed by atoms with Crippen LogP contribution in [0.3, 0.4) is 0 Å². The van der Waals surface area contributed by atoms with Crippen molar-refractivity contribution in [3.05, 3.63) is 35.6 Å². The van der Waals surface area contributed by atoms with Crippen LogP contribution in [0, 0.1) is 5.82 Å². The molecule has 0 aliphatic carbocycles. The Labute approximate surface area is 94.0 Å². The number of carbonyl (C=O) groups is 1. The highest BCUT2D eigenvalue weighted by Crippen LogP contribution is 2.19. The molecule has 2 rings (SSSR count). The summed E-state index contributed by atoms with van der Waals surface area (Å²) in [4.78, 5) is 13.2. The van der Waals surface area contributed by atoms with Crippen molar-refractivity contribution >= 4 is 5.91 Å². The molecule has 0 unspecified atom stereocenters. The van der Waals surface area contributed by atoms with Crippen molar-refractivity contribution in [2.24, 2.45) is 5.73 Å². The molecule has 1 fully saturated rings. The summed E-state index contributed by atoms with van der Waals surface area (Å²) in [5.74, 6) is -0.503. The smallest absolute Gasteiger partial charge is 0.234 e. The Morgan fingerprint density at radius 2 is 2.12 bits per heavy atom. The molecule has 1 aromatic rings. The van der Waals surface area contributed by atoms with E-state index < -0.39 is 0 Å². The van der Waals surface area contributed by atoms with Gasteiger partial charge < -0.3 is 5.73 Å². The quantitative estimate of drug-likeness (QED) is 0.837. The average Bonchev–Trinajstić information content (AvgIpc) is 2.69. The zero-order chi connectivity index (χ0) is 11.5. The van der Waals surface area contributed by atoms with Gasteiger partial charge in [-0.05, 0) is 37.1 Å². The highest BCUT2D eigenvalue weighted by Gasteiger charge is 2.28. The summed E-state index contributed by atoms with van der Waals surface area (Å²) in [6.07, 6.45) is 1.82. The molecule has 1 aromatic carbocycles. The third-order valence-electron chi connectivity index (χ3n) is 2.99. The first-order valence-electron chi connectivity index (χ1n) is 5.44. The van der Waals surface area contributed by atoms with Gasteiger partial charge in [0, 0.05) is 6.54 Å². The number of rotatable bonds is 3. The minimum absolute atomic E-state index is 0.162. The Morgan fingerprint density at radius 3 is 2.75 bits per heavy atom. The second-order valence-corrected chi connectivity index (χ2v) is 4.16. The number of nitrogens with zero attached hydrogens (tertiary/aromatic N) is 1. The van der Waals surface area contributed by atoms with Crippen molar-refractivity contribution in [2.75, 3.05) is 6.54 Å². The van der Waals surface area contributed by atoms with Gasteiger partial charge in [-0.2, -0.15) is 0 Å². The summed E-state index contributed by atoms with van der Waals surface area (Å²) < 4.78 is 12.7. The van der Waals surface area contributed by atoms with Crippen molar-refractivity contribution < 1.29 is 9.18 Å². The fraction of sp³-hybridized carbons (Fsp3) is 0.417. The molecule has 2 N–H and O–H groups in total. The van der Waals surface area contributed by atoms with Crippen LogP contribution in [0.5, 0.6) is 0 Å². The molecule has 0 saturated carbocycles. The maximum atomic E-state index is 12.7. The molecule has 86 valence electrons. The first-order chi connectivity index (χ1) is 7.66. The van der Waals surface area contributed by atoms with E-state index in [1.54, 1.807) is 12.1 Å². The summed E-state index contributed by atoms with van der Waals surface area (Å²) in [5, 5.41) is 0. The van der Waals surface area contributed by atoms with Crippen molar-refractivity contribution in [1.29, 1.82) is 0 Å². The second-order valence-electron chi connectivity index (χ2n) is 4.16. The van der Waals surface area contributed by atoms with Gasteiger partial charge in [0.2, 0.25) is 5.91 Å². The molecule has 1 amide bonds. The van der Waals surface area contributed by atoms with E-state index >= 15 is 0 Å². The Hall–Kier alpha value is -1.42. The van der Waals surface area contributed by atoms with Gasteiger partial charge in [0.1, 0.15) is 5.82 Å². The van der Waals surface area contributed by atoms with Crippen LogP contribution in [0.4, 0.5) is 4.39 Å². The monoisotopic (exact) mass is 222 g/mol. The van der Waals surface area contributed by atoms with E-state index in [2.05, 4.69) is 4.90 Å². The first kappa shape index (κ1) is 11.1. The number of hydrogen-bond acceptors (Lipinski definition) is 2. The van der Waals surface area contributed by atoms with Crippen molar-refractivity contribution in [2.45, 2.75) is 25.4 Å². The van der Waals surface area contributed by atoms with Crippen LogP contribution in [-0.2, 0) is 11.3 Å². The molecule has 16 heavy (non-hydrogen) atoms. The molecule has 3 nitrogen and oxygen atoms in total. The number of nitrogens with two attached hydrogens (primary N) is 1. The lowest BCUT2D eigenvalue weighted by Gasteiger charge is -2.21. The van der Waals surface area contributed by atoms with Gasteiger partial charge in [-0.3, -0.25) is 9.69 Å².